The molecule has 4 nitrogen and oxygen atoms in total. The standard InChI is InChI=1S/C18H28N2O2/c1-17(2)10-14(11-18(3,4)19-17)20(5)12-13-8-6-7-9-15(13)16(21)22/h6-9,14,19H,10-12H2,1-5H3,(H,21,22). The molecule has 0 radical (unpaired) electrons. The summed E-state index contributed by atoms with van der Waals surface area (Å²) in [4.78, 5) is 13.7. The highest BCUT2D eigenvalue weighted by atomic mass is 16.4. The van der Waals surface area contributed by atoms with E-state index < -0.39 is 5.97 Å². The number of carboxylic acid groups (broad SMARTS) is 1. The van der Waals surface area contributed by atoms with Crippen LogP contribution in [-0.2, 0) is 6.54 Å². The molecule has 0 spiro atoms. The summed E-state index contributed by atoms with van der Waals surface area (Å²) >= 11 is 0. The smallest absolute Gasteiger partial charge is 0.336 e. The quantitative estimate of drug-likeness (QED) is 0.897. The van der Waals surface area contributed by atoms with Crippen molar-refractivity contribution in [2.75, 3.05) is 7.05 Å². The number of piperidine rings is 1. The molecule has 0 aliphatic carbocycles. The summed E-state index contributed by atoms with van der Waals surface area (Å²) in [5, 5.41) is 13.0. The van der Waals surface area contributed by atoms with Gasteiger partial charge >= 0.3 is 5.97 Å². The van der Waals surface area contributed by atoms with Gasteiger partial charge in [0, 0.05) is 23.7 Å². The van der Waals surface area contributed by atoms with Crippen LogP contribution in [-0.4, -0.2) is 40.1 Å². The minimum absolute atomic E-state index is 0.0903. The summed E-state index contributed by atoms with van der Waals surface area (Å²) in [6, 6.07) is 7.72. The molecule has 1 fully saturated rings. The van der Waals surface area contributed by atoms with E-state index in [2.05, 4.69) is 45.0 Å². The molecule has 1 aromatic carbocycles. The Labute approximate surface area is 133 Å². The third-order valence-electron chi connectivity index (χ3n) is 4.46. The van der Waals surface area contributed by atoms with Gasteiger partial charge in [-0.05, 0) is 59.2 Å². The lowest BCUT2D eigenvalue weighted by Gasteiger charge is -2.49. The normalized spacial score (nSPS) is 21.0. The first-order valence-electron chi connectivity index (χ1n) is 7.90. The molecular formula is C18H28N2O2. The Balaban J connectivity index is 2.15. The van der Waals surface area contributed by atoms with Crippen LogP contribution >= 0.6 is 0 Å². The Kier molecular flexibility index (Phi) is 4.64. The predicted octanol–water partition coefficient (Wildman–Crippen LogP) is 3.13. The summed E-state index contributed by atoms with van der Waals surface area (Å²) in [6.07, 6.45) is 2.12. The summed E-state index contributed by atoms with van der Waals surface area (Å²) in [7, 11) is 2.10. The van der Waals surface area contributed by atoms with Gasteiger partial charge in [-0.3, -0.25) is 4.90 Å². The minimum Gasteiger partial charge on any atom is -0.478 e. The number of aromatic carboxylic acids is 1. The Morgan fingerprint density at radius 2 is 1.77 bits per heavy atom. The van der Waals surface area contributed by atoms with Crippen LogP contribution in [0.1, 0.15) is 56.5 Å². The molecule has 1 aliphatic rings. The topological polar surface area (TPSA) is 52.6 Å². The zero-order valence-corrected chi connectivity index (χ0v) is 14.3. The number of benzene rings is 1. The first kappa shape index (κ1) is 17.0. The van der Waals surface area contributed by atoms with Gasteiger partial charge in [-0.1, -0.05) is 18.2 Å². The molecule has 1 aromatic rings. The lowest BCUT2D eigenvalue weighted by atomic mass is 9.79. The van der Waals surface area contributed by atoms with Crippen molar-refractivity contribution in [1.82, 2.24) is 10.2 Å². The van der Waals surface area contributed by atoms with Crippen LogP contribution in [0.3, 0.4) is 0 Å². The Morgan fingerprint density at radius 3 is 2.32 bits per heavy atom. The van der Waals surface area contributed by atoms with Gasteiger partial charge in [-0.25, -0.2) is 4.79 Å². The minimum atomic E-state index is -0.852. The van der Waals surface area contributed by atoms with Gasteiger partial charge in [0.2, 0.25) is 0 Å². The van der Waals surface area contributed by atoms with Crippen molar-refractivity contribution in [1.29, 1.82) is 0 Å². The molecule has 1 saturated heterocycles. The molecule has 4 heteroatoms. The van der Waals surface area contributed by atoms with Gasteiger partial charge in [0.05, 0.1) is 5.56 Å². The number of nitrogens with one attached hydrogen (secondary N) is 1. The fourth-order valence-electron chi connectivity index (χ4n) is 3.84. The maximum Gasteiger partial charge on any atom is 0.336 e. The van der Waals surface area contributed by atoms with Crippen LogP contribution < -0.4 is 5.32 Å². The largest absolute Gasteiger partial charge is 0.478 e. The third kappa shape index (κ3) is 4.08. The van der Waals surface area contributed by atoms with E-state index in [-0.39, 0.29) is 11.1 Å². The Hall–Kier alpha value is -1.39. The number of carbonyl (C=O) groups is 1. The van der Waals surface area contributed by atoms with Crippen LogP contribution in [0.25, 0.3) is 0 Å². The summed E-state index contributed by atoms with van der Waals surface area (Å²) in [6.45, 7) is 9.61. The summed E-state index contributed by atoms with van der Waals surface area (Å²) in [5.41, 5.74) is 1.47. The number of hydrogen-bond donors (Lipinski definition) is 2. The van der Waals surface area contributed by atoms with Crippen molar-refractivity contribution >= 4 is 5.97 Å². The first-order valence-corrected chi connectivity index (χ1v) is 7.90. The molecule has 22 heavy (non-hydrogen) atoms. The molecule has 1 aliphatic heterocycles. The van der Waals surface area contributed by atoms with Crippen LogP contribution in [0.4, 0.5) is 0 Å². The lowest BCUT2D eigenvalue weighted by molar-refractivity contribution is 0.0679. The van der Waals surface area contributed by atoms with E-state index in [1.807, 2.05) is 12.1 Å². The van der Waals surface area contributed by atoms with Gasteiger partial charge < -0.3 is 10.4 Å². The van der Waals surface area contributed by atoms with Gasteiger partial charge in [-0.2, -0.15) is 0 Å². The van der Waals surface area contributed by atoms with E-state index in [9.17, 15) is 9.90 Å². The molecule has 0 unspecified atom stereocenters. The molecule has 1 heterocycles. The third-order valence-corrected chi connectivity index (χ3v) is 4.46. The molecule has 0 saturated carbocycles. The molecule has 0 aromatic heterocycles. The SMILES string of the molecule is CN(Cc1ccccc1C(=O)O)C1CC(C)(C)NC(C)(C)C1. The maximum atomic E-state index is 11.4. The molecule has 122 valence electrons. The molecule has 2 N–H and O–H groups in total. The van der Waals surface area contributed by atoms with E-state index in [4.69, 9.17) is 0 Å². The van der Waals surface area contributed by atoms with Gasteiger partial charge in [0.15, 0.2) is 0 Å². The monoisotopic (exact) mass is 304 g/mol. The second-order valence-electron chi connectivity index (χ2n) is 7.83. The Morgan fingerprint density at radius 1 is 1.23 bits per heavy atom. The van der Waals surface area contributed by atoms with E-state index in [1.165, 1.54) is 0 Å². The highest BCUT2D eigenvalue weighted by Crippen LogP contribution is 2.31. The maximum absolute atomic E-state index is 11.4. The molecule has 0 bridgehead atoms. The number of hydrogen-bond acceptors (Lipinski definition) is 3. The van der Waals surface area contributed by atoms with E-state index in [1.54, 1.807) is 12.1 Å². The highest BCUT2D eigenvalue weighted by Gasteiger charge is 2.39. The first-order chi connectivity index (χ1) is 10.1. The van der Waals surface area contributed by atoms with Crippen molar-refractivity contribution in [3.63, 3.8) is 0 Å². The van der Waals surface area contributed by atoms with Crippen molar-refractivity contribution in [3.8, 4) is 0 Å². The fourth-order valence-corrected chi connectivity index (χ4v) is 3.84. The van der Waals surface area contributed by atoms with Gasteiger partial charge in [0.1, 0.15) is 0 Å². The zero-order chi connectivity index (χ0) is 16.5. The number of carboxylic acids is 1. The molecule has 0 atom stereocenters. The lowest BCUT2D eigenvalue weighted by Crippen LogP contribution is -2.61. The predicted molar refractivity (Wildman–Crippen MR) is 89.2 cm³/mol. The summed E-state index contributed by atoms with van der Waals surface area (Å²) < 4.78 is 0. The van der Waals surface area contributed by atoms with Crippen LogP contribution in [0.2, 0.25) is 0 Å². The summed E-state index contributed by atoms with van der Waals surface area (Å²) in [5.74, 6) is -0.852. The van der Waals surface area contributed by atoms with E-state index in [0.29, 0.717) is 18.2 Å². The molecular weight excluding hydrogens is 276 g/mol. The van der Waals surface area contributed by atoms with E-state index in [0.717, 1.165) is 18.4 Å². The van der Waals surface area contributed by atoms with E-state index >= 15 is 0 Å². The average Bonchev–Trinajstić information content (AvgIpc) is 2.35. The fraction of sp³-hybridized carbons (Fsp3) is 0.611. The van der Waals surface area contributed by atoms with Crippen molar-refractivity contribution in [2.45, 2.75) is 64.2 Å². The van der Waals surface area contributed by atoms with Crippen LogP contribution in [0, 0.1) is 0 Å². The Bertz CT molecular complexity index is 536. The van der Waals surface area contributed by atoms with Crippen LogP contribution in [0.5, 0.6) is 0 Å². The second-order valence-corrected chi connectivity index (χ2v) is 7.83. The molecule has 0 amide bonds. The van der Waals surface area contributed by atoms with Gasteiger partial charge in [0.25, 0.3) is 0 Å². The van der Waals surface area contributed by atoms with Crippen molar-refractivity contribution in [3.05, 3.63) is 35.4 Å². The number of rotatable bonds is 4. The molecule has 2 rings (SSSR count). The van der Waals surface area contributed by atoms with Crippen LogP contribution in [0.15, 0.2) is 24.3 Å². The van der Waals surface area contributed by atoms with Crippen molar-refractivity contribution in [2.24, 2.45) is 0 Å². The second kappa shape index (κ2) is 6.01. The highest BCUT2D eigenvalue weighted by molar-refractivity contribution is 5.89. The average molecular weight is 304 g/mol. The van der Waals surface area contributed by atoms with Gasteiger partial charge in [-0.15, -0.1) is 0 Å². The zero-order valence-electron chi connectivity index (χ0n) is 14.3. The van der Waals surface area contributed by atoms with Crippen molar-refractivity contribution < 1.29 is 9.90 Å². The number of nitrogens with zero attached hydrogens (tertiary/aromatic N) is 1.